The molecule has 2 N–H and O–H groups in total. The van der Waals surface area contributed by atoms with Crippen molar-refractivity contribution in [3.63, 3.8) is 0 Å². The number of amides is 2. The van der Waals surface area contributed by atoms with E-state index in [0.717, 1.165) is 4.31 Å². The molecule has 1 aliphatic heterocycles. The molecule has 3 rings (SSSR count). The third kappa shape index (κ3) is 6.01. The van der Waals surface area contributed by atoms with Crippen molar-refractivity contribution in [3.8, 4) is 0 Å². The Morgan fingerprint density at radius 1 is 1.06 bits per heavy atom. The highest BCUT2D eigenvalue weighted by Gasteiger charge is 2.34. The standard InChI is InChI=1S/C20H21ClFN3O5S/c21-15-4-8-17(9-5-15)31(28,29)25-10-1-11-30-18(25)13-24-20(27)19(26)23-12-14-2-6-16(22)7-3-14/h2-9,18H,1,10-13H2,(H,23,26)(H,24,27)/t18-/m1/s1. The Bertz CT molecular complexity index is 1030. The molecule has 1 aliphatic rings. The minimum Gasteiger partial charge on any atom is -0.360 e. The first-order valence-electron chi connectivity index (χ1n) is 9.47. The number of carbonyl (C=O) groups excluding carboxylic acids is 2. The first kappa shape index (κ1) is 23.1. The van der Waals surface area contributed by atoms with Crippen LogP contribution in [0.25, 0.3) is 0 Å². The van der Waals surface area contributed by atoms with Gasteiger partial charge in [0.15, 0.2) is 0 Å². The summed E-state index contributed by atoms with van der Waals surface area (Å²) < 4.78 is 45.5. The van der Waals surface area contributed by atoms with Gasteiger partial charge in [-0.1, -0.05) is 23.7 Å². The smallest absolute Gasteiger partial charge is 0.309 e. The average Bonchev–Trinajstić information content (AvgIpc) is 2.77. The molecule has 11 heteroatoms. The number of sulfonamides is 1. The lowest BCUT2D eigenvalue weighted by molar-refractivity contribution is -0.140. The number of halogens is 2. The van der Waals surface area contributed by atoms with Gasteiger partial charge in [0.2, 0.25) is 10.0 Å². The van der Waals surface area contributed by atoms with Crippen LogP contribution in [0.2, 0.25) is 5.02 Å². The summed E-state index contributed by atoms with van der Waals surface area (Å²) in [7, 11) is -3.88. The summed E-state index contributed by atoms with van der Waals surface area (Å²) in [4.78, 5) is 24.2. The number of carbonyl (C=O) groups is 2. The van der Waals surface area contributed by atoms with Crippen LogP contribution in [0.1, 0.15) is 12.0 Å². The maximum Gasteiger partial charge on any atom is 0.309 e. The molecule has 31 heavy (non-hydrogen) atoms. The van der Waals surface area contributed by atoms with Crippen LogP contribution in [0.4, 0.5) is 4.39 Å². The number of hydrogen-bond acceptors (Lipinski definition) is 5. The van der Waals surface area contributed by atoms with Gasteiger partial charge in [-0.2, -0.15) is 4.31 Å². The molecule has 1 atom stereocenters. The SMILES string of the molecule is O=C(NCc1ccc(F)cc1)C(=O)NC[C@H]1OCCCN1S(=O)(=O)c1ccc(Cl)cc1. The third-order valence-corrected chi connectivity index (χ3v) is 6.74. The van der Waals surface area contributed by atoms with Crippen LogP contribution in [0, 0.1) is 5.82 Å². The van der Waals surface area contributed by atoms with E-state index in [1.54, 1.807) is 0 Å². The number of nitrogens with one attached hydrogen (secondary N) is 2. The summed E-state index contributed by atoms with van der Waals surface area (Å²) in [6, 6.07) is 11.2. The molecule has 0 spiro atoms. The number of nitrogens with zero attached hydrogens (tertiary/aromatic N) is 1. The molecular weight excluding hydrogens is 449 g/mol. The van der Waals surface area contributed by atoms with Crippen molar-refractivity contribution in [1.82, 2.24) is 14.9 Å². The summed E-state index contributed by atoms with van der Waals surface area (Å²) in [5, 5.41) is 5.22. The Balaban J connectivity index is 1.58. The van der Waals surface area contributed by atoms with Crippen LogP contribution < -0.4 is 10.6 Å². The summed E-state index contributed by atoms with van der Waals surface area (Å²) in [5.74, 6) is -2.23. The first-order valence-corrected chi connectivity index (χ1v) is 11.3. The second-order valence-electron chi connectivity index (χ2n) is 6.77. The van der Waals surface area contributed by atoms with Crippen LogP contribution in [0.15, 0.2) is 53.4 Å². The minimum absolute atomic E-state index is 0.0452. The fourth-order valence-corrected chi connectivity index (χ4v) is 4.66. The Morgan fingerprint density at radius 3 is 2.39 bits per heavy atom. The quantitative estimate of drug-likeness (QED) is 0.626. The molecule has 2 aromatic rings. The molecule has 2 aromatic carbocycles. The Kier molecular flexibility index (Phi) is 7.60. The number of ether oxygens (including phenoxy) is 1. The van der Waals surface area contributed by atoms with Gasteiger partial charge in [0, 0.05) is 18.1 Å². The number of benzene rings is 2. The van der Waals surface area contributed by atoms with Gasteiger partial charge in [0.25, 0.3) is 0 Å². The van der Waals surface area contributed by atoms with Crippen LogP contribution in [0.3, 0.4) is 0 Å². The van der Waals surface area contributed by atoms with Crippen molar-refractivity contribution in [2.75, 3.05) is 19.7 Å². The van der Waals surface area contributed by atoms with E-state index in [9.17, 15) is 22.4 Å². The average molecular weight is 470 g/mol. The van der Waals surface area contributed by atoms with Crippen molar-refractivity contribution in [2.45, 2.75) is 24.1 Å². The van der Waals surface area contributed by atoms with Crippen molar-refractivity contribution in [3.05, 3.63) is 64.9 Å². The van der Waals surface area contributed by atoms with Crippen molar-refractivity contribution >= 4 is 33.4 Å². The van der Waals surface area contributed by atoms with Gasteiger partial charge in [0.1, 0.15) is 12.0 Å². The molecule has 0 unspecified atom stereocenters. The molecule has 1 heterocycles. The van der Waals surface area contributed by atoms with E-state index in [4.69, 9.17) is 16.3 Å². The largest absolute Gasteiger partial charge is 0.360 e. The predicted octanol–water partition coefficient (Wildman–Crippen LogP) is 1.65. The summed E-state index contributed by atoms with van der Waals surface area (Å²) >= 11 is 5.83. The molecular formula is C20H21ClFN3O5S. The number of rotatable bonds is 6. The molecule has 166 valence electrons. The maximum absolute atomic E-state index is 13.0. The van der Waals surface area contributed by atoms with E-state index in [-0.39, 0.29) is 24.5 Å². The van der Waals surface area contributed by atoms with E-state index < -0.39 is 33.9 Å². The third-order valence-electron chi connectivity index (χ3n) is 4.58. The van der Waals surface area contributed by atoms with E-state index in [1.165, 1.54) is 48.5 Å². The van der Waals surface area contributed by atoms with Gasteiger partial charge in [-0.25, -0.2) is 12.8 Å². The van der Waals surface area contributed by atoms with Gasteiger partial charge in [-0.3, -0.25) is 9.59 Å². The van der Waals surface area contributed by atoms with Gasteiger partial charge >= 0.3 is 11.8 Å². The molecule has 2 amide bonds. The Hall–Kier alpha value is -2.53. The van der Waals surface area contributed by atoms with Crippen LogP contribution >= 0.6 is 11.6 Å². The van der Waals surface area contributed by atoms with E-state index in [2.05, 4.69) is 10.6 Å². The highest BCUT2D eigenvalue weighted by Crippen LogP contribution is 2.23. The van der Waals surface area contributed by atoms with Gasteiger partial charge in [-0.15, -0.1) is 0 Å². The molecule has 1 fully saturated rings. The molecule has 0 saturated carbocycles. The molecule has 0 radical (unpaired) electrons. The maximum atomic E-state index is 13.0. The summed E-state index contributed by atoms with van der Waals surface area (Å²) in [5.41, 5.74) is 0.624. The van der Waals surface area contributed by atoms with Crippen molar-refractivity contribution < 1.29 is 27.1 Å². The Morgan fingerprint density at radius 2 is 1.71 bits per heavy atom. The van der Waals surface area contributed by atoms with Crippen LogP contribution in [-0.2, 0) is 30.9 Å². The van der Waals surface area contributed by atoms with Crippen molar-refractivity contribution in [2.24, 2.45) is 0 Å². The lowest BCUT2D eigenvalue weighted by Gasteiger charge is -2.34. The molecule has 0 aliphatic carbocycles. The topological polar surface area (TPSA) is 105 Å². The second kappa shape index (κ2) is 10.2. The first-order chi connectivity index (χ1) is 14.8. The molecule has 1 saturated heterocycles. The van der Waals surface area contributed by atoms with Gasteiger partial charge in [-0.05, 0) is 48.4 Å². The monoisotopic (exact) mass is 469 g/mol. The summed E-state index contributed by atoms with van der Waals surface area (Å²) in [6.45, 7) is 0.380. The molecule has 0 aromatic heterocycles. The van der Waals surface area contributed by atoms with Crippen molar-refractivity contribution in [1.29, 1.82) is 0 Å². The fraction of sp³-hybridized carbons (Fsp3) is 0.300. The molecule has 8 nitrogen and oxygen atoms in total. The predicted molar refractivity (Wildman–Crippen MR) is 111 cm³/mol. The zero-order valence-electron chi connectivity index (χ0n) is 16.4. The zero-order chi connectivity index (χ0) is 22.4. The van der Waals surface area contributed by atoms with E-state index in [0.29, 0.717) is 23.6 Å². The van der Waals surface area contributed by atoms with Crippen LogP contribution in [0.5, 0.6) is 0 Å². The Labute approximate surface area is 184 Å². The fourth-order valence-electron chi connectivity index (χ4n) is 2.97. The second-order valence-corrected chi connectivity index (χ2v) is 9.09. The van der Waals surface area contributed by atoms with E-state index in [1.807, 2.05) is 0 Å². The zero-order valence-corrected chi connectivity index (χ0v) is 18.0. The highest BCUT2D eigenvalue weighted by molar-refractivity contribution is 7.89. The summed E-state index contributed by atoms with van der Waals surface area (Å²) in [6.07, 6.45) is -0.460. The molecule has 0 bridgehead atoms. The van der Waals surface area contributed by atoms with Gasteiger partial charge < -0.3 is 15.4 Å². The van der Waals surface area contributed by atoms with Crippen LogP contribution in [-0.4, -0.2) is 50.5 Å². The lowest BCUT2D eigenvalue weighted by Crippen LogP contribution is -2.53. The lowest BCUT2D eigenvalue weighted by atomic mass is 10.2. The normalized spacial score (nSPS) is 17.2. The van der Waals surface area contributed by atoms with Gasteiger partial charge in [0.05, 0.1) is 18.0 Å². The number of hydrogen-bond donors (Lipinski definition) is 2. The van der Waals surface area contributed by atoms with E-state index >= 15 is 0 Å². The minimum atomic E-state index is -3.88. The highest BCUT2D eigenvalue weighted by atomic mass is 35.5.